The summed E-state index contributed by atoms with van der Waals surface area (Å²) in [6, 6.07) is 15.2. The monoisotopic (exact) mass is 562 g/mol. The summed E-state index contributed by atoms with van der Waals surface area (Å²) in [5, 5.41) is 10.2. The molecule has 0 unspecified atom stereocenters. The molecule has 2 aromatic carbocycles. The highest BCUT2D eigenvalue weighted by molar-refractivity contribution is 6.31. The van der Waals surface area contributed by atoms with Crippen LogP contribution in [0.2, 0.25) is 5.02 Å². The van der Waals surface area contributed by atoms with Gasteiger partial charge in [-0.3, -0.25) is 14.2 Å². The van der Waals surface area contributed by atoms with Crippen LogP contribution in [0.3, 0.4) is 0 Å². The molecule has 0 aliphatic carbocycles. The van der Waals surface area contributed by atoms with Crippen molar-refractivity contribution >= 4 is 51.8 Å². The van der Waals surface area contributed by atoms with Crippen molar-refractivity contribution in [3.05, 3.63) is 65.3 Å². The van der Waals surface area contributed by atoms with Crippen LogP contribution in [0.5, 0.6) is 0 Å². The Kier molecular flexibility index (Phi) is 8.27. The molecule has 0 saturated carbocycles. The van der Waals surface area contributed by atoms with Crippen molar-refractivity contribution < 1.29 is 19.4 Å². The largest absolute Gasteiger partial charge is 0.481 e. The van der Waals surface area contributed by atoms with Crippen LogP contribution in [-0.2, 0) is 9.53 Å². The molecule has 1 aliphatic rings. The van der Waals surface area contributed by atoms with Crippen LogP contribution < -0.4 is 9.80 Å². The van der Waals surface area contributed by atoms with Crippen LogP contribution in [0.25, 0.3) is 16.9 Å². The Morgan fingerprint density at radius 3 is 2.45 bits per heavy atom. The zero-order chi connectivity index (χ0) is 28.2. The molecule has 0 atom stereocenters. The van der Waals surface area contributed by atoms with Gasteiger partial charge in [0.15, 0.2) is 5.78 Å². The maximum atomic E-state index is 13.1. The van der Waals surface area contributed by atoms with E-state index in [1.807, 2.05) is 36.4 Å². The van der Waals surface area contributed by atoms with Gasteiger partial charge in [-0.25, -0.2) is 0 Å². The lowest BCUT2D eigenvalue weighted by Crippen LogP contribution is -2.38. The van der Waals surface area contributed by atoms with E-state index in [9.17, 15) is 9.59 Å². The van der Waals surface area contributed by atoms with E-state index in [1.54, 1.807) is 22.9 Å². The summed E-state index contributed by atoms with van der Waals surface area (Å²) in [6.07, 6.45) is 1.28. The molecule has 1 aliphatic heterocycles. The third kappa shape index (κ3) is 6.08. The van der Waals surface area contributed by atoms with Crippen molar-refractivity contribution in [1.29, 1.82) is 0 Å². The highest BCUT2D eigenvalue weighted by Crippen LogP contribution is 2.31. The summed E-state index contributed by atoms with van der Waals surface area (Å²) in [7, 11) is 0. The van der Waals surface area contributed by atoms with E-state index in [1.165, 1.54) is 0 Å². The molecule has 0 radical (unpaired) electrons. The number of hydrogen-bond donors (Lipinski definition) is 1. The number of para-hydroxylation sites is 1. The summed E-state index contributed by atoms with van der Waals surface area (Å²) in [5.41, 5.74) is 2.01. The lowest BCUT2D eigenvalue weighted by atomic mass is 10.1. The number of nitrogens with zero attached hydrogens (tertiary/aromatic N) is 6. The number of morpholine rings is 1. The van der Waals surface area contributed by atoms with Crippen LogP contribution in [0.15, 0.2) is 54.7 Å². The lowest BCUT2D eigenvalue weighted by Gasteiger charge is -2.29. The van der Waals surface area contributed by atoms with E-state index in [2.05, 4.69) is 23.6 Å². The number of carbonyl (C=O) groups excluding carboxylic acids is 1. The quantitative estimate of drug-likeness (QED) is 0.262. The van der Waals surface area contributed by atoms with Crippen molar-refractivity contribution in [2.45, 2.75) is 26.7 Å². The van der Waals surface area contributed by atoms with Gasteiger partial charge in [-0.1, -0.05) is 43.6 Å². The number of rotatable bonds is 10. The van der Waals surface area contributed by atoms with Gasteiger partial charge < -0.3 is 19.6 Å². The molecule has 1 N–H and O–H groups in total. The van der Waals surface area contributed by atoms with Crippen LogP contribution in [0, 0.1) is 5.92 Å². The van der Waals surface area contributed by atoms with Crippen LogP contribution in [0.4, 0.5) is 17.6 Å². The second-order valence-corrected chi connectivity index (χ2v) is 10.5. The number of ether oxygens (including phenoxy) is 1. The van der Waals surface area contributed by atoms with E-state index >= 15 is 0 Å². The van der Waals surface area contributed by atoms with Gasteiger partial charge in [0, 0.05) is 53.9 Å². The third-order valence-corrected chi connectivity index (χ3v) is 6.83. The molecule has 0 amide bonds. The first-order valence-electron chi connectivity index (χ1n) is 13.3. The molecule has 1 saturated heterocycles. The van der Waals surface area contributed by atoms with Crippen LogP contribution in [-0.4, -0.2) is 69.2 Å². The van der Waals surface area contributed by atoms with Gasteiger partial charge in [0.25, 0.3) is 0 Å². The number of hydrogen-bond acceptors (Lipinski definition) is 8. The number of halogens is 1. The summed E-state index contributed by atoms with van der Waals surface area (Å²) >= 11 is 6.31. The zero-order valence-corrected chi connectivity index (χ0v) is 23.2. The first kappa shape index (κ1) is 27.5. The second kappa shape index (κ2) is 12.0. The molecule has 4 aromatic rings. The molecule has 2 aromatic heterocycles. The third-order valence-electron chi connectivity index (χ3n) is 6.60. The summed E-state index contributed by atoms with van der Waals surface area (Å²) < 4.78 is 7.31. The van der Waals surface area contributed by atoms with Gasteiger partial charge in [-0.2, -0.15) is 15.0 Å². The number of aromatic nitrogens is 4. The summed E-state index contributed by atoms with van der Waals surface area (Å²) in [6.45, 7) is 7.36. The highest BCUT2D eigenvalue weighted by atomic mass is 35.5. The number of carboxylic acid groups (broad SMARTS) is 1. The number of anilines is 3. The Morgan fingerprint density at radius 1 is 1.02 bits per heavy atom. The maximum absolute atomic E-state index is 13.1. The van der Waals surface area contributed by atoms with Crippen molar-refractivity contribution in [2.24, 2.45) is 5.92 Å². The smallest absolute Gasteiger partial charge is 0.303 e. The van der Waals surface area contributed by atoms with E-state index in [-0.39, 0.29) is 18.6 Å². The maximum Gasteiger partial charge on any atom is 0.303 e. The molecule has 208 valence electrons. The molecule has 0 bridgehead atoms. The molecule has 11 heteroatoms. The number of carboxylic acids is 1. The fraction of sp³-hybridized carbons (Fsp3) is 0.345. The minimum atomic E-state index is -1.03. The van der Waals surface area contributed by atoms with E-state index in [0.717, 1.165) is 5.69 Å². The fourth-order valence-electron chi connectivity index (χ4n) is 4.70. The predicted molar refractivity (Wildman–Crippen MR) is 154 cm³/mol. The molecule has 10 nitrogen and oxygen atoms in total. The normalized spacial score (nSPS) is 13.7. The van der Waals surface area contributed by atoms with Gasteiger partial charge >= 0.3 is 5.97 Å². The molecule has 5 rings (SSSR count). The fourth-order valence-corrected chi connectivity index (χ4v) is 4.87. The standard InChI is InChI=1S/C29H31ClN6O4/c1-19(2)17-35(21-6-4-3-5-7-21)28-31-27(34-12-14-40-15-13-34)32-29(33-28)36-18-23(25(37)10-11-26(38)39)22-16-20(30)8-9-24(22)36/h3-9,16,18-19H,10-15,17H2,1-2H3,(H,38,39). The Hall–Kier alpha value is -4.02. The number of benzene rings is 2. The Balaban J connectivity index is 1.68. The van der Waals surface area contributed by atoms with Gasteiger partial charge in [-0.15, -0.1) is 0 Å². The van der Waals surface area contributed by atoms with Crippen molar-refractivity contribution in [1.82, 2.24) is 19.5 Å². The van der Waals surface area contributed by atoms with Gasteiger partial charge in [0.2, 0.25) is 17.8 Å². The first-order chi connectivity index (χ1) is 19.3. The minimum absolute atomic E-state index is 0.126. The Morgan fingerprint density at radius 2 is 1.75 bits per heavy atom. The van der Waals surface area contributed by atoms with Gasteiger partial charge in [-0.05, 0) is 36.2 Å². The lowest BCUT2D eigenvalue weighted by molar-refractivity contribution is -0.136. The number of fused-ring (bicyclic) bond motifs is 1. The second-order valence-electron chi connectivity index (χ2n) is 10.1. The van der Waals surface area contributed by atoms with Crippen molar-refractivity contribution in [3.8, 4) is 5.95 Å². The first-order valence-corrected chi connectivity index (χ1v) is 13.7. The summed E-state index contributed by atoms with van der Waals surface area (Å²) in [5.74, 6) is 0.352. The Bertz CT molecular complexity index is 1520. The average Bonchev–Trinajstić information content (AvgIpc) is 3.34. The number of Topliss-reactive ketones (excluding diaryl/α,β-unsaturated/α-hetero) is 1. The van der Waals surface area contributed by atoms with Crippen LogP contribution >= 0.6 is 11.6 Å². The highest BCUT2D eigenvalue weighted by Gasteiger charge is 2.24. The number of carbonyl (C=O) groups is 2. The molecule has 40 heavy (non-hydrogen) atoms. The SMILES string of the molecule is CC(C)CN(c1ccccc1)c1nc(N2CCOCC2)nc(-n2cc(C(=O)CCC(=O)O)c3cc(Cl)ccc32)n1. The number of ketones is 1. The molecular weight excluding hydrogens is 532 g/mol. The van der Waals surface area contributed by atoms with Gasteiger partial charge in [0.1, 0.15) is 0 Å². The molecule has 0 spiro atoms. The average molecular weight is 563 g/mol. The number of aliphatic carboxylic acids is 1. The molecular formula is C29H31ClN6O4. The van der Waals surface area contributed by atoms with E-state index < -0.39 is 5.97 Å². The van der Waals surface area contributed by atoms with Crippen molar-refractivity contribution in [3.63, 3.8) is 0 Å². The van der Waals surface area contributed by atoms with Crippen molar-refractivity contribution in [2.75, 3.05) is 42.6 Å². The predicted octanol–water partition coefficient (Wildman–Crippen LogP) is 5.15. The zero-order valence-electron chi connectivity index (χ0n) is 22.5. The van der Waals surface area contributed by atoms with E-state index in [0.29, 0.717) is 78.1 Å². The van der Waals surface area contributed by atoms with Gasteiger partial charge in [0.05, 0.1) is 25.2 Å². The molecule has 3 heterocycles. The van der Waals surface area contributed by atoms with Crippen LogP contribution in [0.1, 0.15) is 37.0 Å². The Labute approximate surface area is 237 Å². The topological polar surface area (TPSA) is 114 Å². The summed E-state index contributed by atoms with van der Waals surface area (Å²) in [4.78, 5) is 43.1. The molecule has 1 fully saturated rings. The van der Waals surface area contributed by atoms with E-state index in [4.69, 9.17) is 36.4 Å². The minimum Gasteiger partial charge on any atom is -0.481 e.